The lowest BCUT2D eigenvalue weighted by molar-refractivity contribution is -0.119. The summed E-state index contributed by atoms with van der Waals surface area (Å²) in [5, 5.41) is 8.87. The van der Waals surface area contributed by atoms with Gasteiger partial charge in [-0.1, -0.05) is 48.5 Å². The molecule has 1 aliphatic rings. The van der Waals surface area contributed by atoms with Crippen LogP contribution in [0.5, 0.6) is 0 Å². The number of nitrogens with one attached hydrogen (secondary N) is 3. The first-order valence-corrected chi connectivity index (χ1v) is 11.8. The van der Waals surface area contributed by atoms with Gasteiger partial charge >= 0.3 is 0 Å². The maximum absolute atomic E-state index is 12.8. The number of carbonyl (C=O) groups is 2. The van der Waals surface area contributed by atoms with Crippen LogP contribution in [0.2, 0.25) is 0 Å². The van der Waals surface area contributed by atoms with Crippen LogP contribution in [-0.4, -0.2) is 72.5 Å². The van der Waals surface area contributed by atoms with Gasteiger partial charge in [-0.3, -0.25) is 14.5 Å². The largest absolute Gasteiger partial charge is 0.369 e. The van der Waals surface area contributed by atoms with Crippen molar-refractivity contribution in [3.8, 4) is 11.4 Å². The number of aromatic nitrogens is 2. The highest BCUT2D eigenvalue weighted by molar-refractivity contribution is 5.92. The summed E-state index contributed by atoms with van der Waals surface area (Å²) in [7, 11) is 0. The Morgan fingerprint density at radius 1 is 0.857 bits per heavy atom. The van der Waals surface area contributed by atoms with Crippen LogP contribution in [0.3, 0.4) is 0 Å². The molecule has 1 aromatic heterocycles. The molecule has 2 heterocycles. The first kappa shape index (κ1) is 24.2. The molecule has 1 saturated heterocycles. The minimum absolute atomic E-state index is 0.0861. The second-order valence-corrected chi connectivity index (χ2v) is 8.38. The van der Waals surface area contributed by atoms with Crippen molar-refractivity contribution in [2.24, 2.45) is 0 Å². The Morgan fingerprint density at radius 3 is 2.20 bits per heavy atom. The number of piperazine rings is 1. The van der Waals surface area contributed by atoms with Crippen LogP contribution in [0, 0.1) is 0 Å². The molecule has 4 rings (SSSR count). The number of nitrogens with zero attached hydrogens (tertiary/aromatic N) is 4. The monoisotopic (exact) mass is 473 g/mol. The van der Waals surface area contributed by atoms with Crippen LogP contribution in [0.1, 0.15) is 6.92 Å². The van der Waals surface area contributed by atoms with Crippen molar-refractivity contribution in [1.29, 1.82) is 0 Å². The van der Waals surface area contributed by atoms with E-state index >= 15 is 0 Å². The molecule has 0 aliphatic carbocycles. The van der Waals surface area contributed by atoms with Crippen LogP contribution in [0.25, 0.3) is 11.4 Å². The fraction of sp³-hybridized carbons (Fsp3) is 0.308. The molecule has 1 fully saturated rings. The second kappa shape index (κ2) is 11.9. The zero-order chi connectivity index (χ0) is 24.5. The standard InChI is InChI=1S/C26H31N7O2/c1-20(34)27-12-13-28-23-18-24(31-26(30-23)21-8-4-2-5-9-21)29-25(35)19-32-14-16-33(17-15-32)22-10-6-3-7-11-22/h2-11,18H,12-17,19H2,1H3,(H,27,34)(H2,28,29,30,31,35). The van der Waals surface area contributed by atoms with Crippen LogP contribution < -0.4 is 20.9 Å². The van der Waals surface area contributed by atoms with E-state index in [0.717, 1.165) is 31.7 Å². The van der Waals surface area contributed by atoms with E-state index in [9.17, 15) is 9.59 Å². The third-order valence-electron chi connectivity index (χ3n) is 5.69. The van der Waals surface area contributed by atoms with Crippen molar-refractivity contribution < 1.29 is 9.59 Å². The van der Waals surface area contributed by atoms with Crippen LogP contribution >= 0.6 is 0 Å². The number of rotatable bonds is 9. The number of carbonyl (C=O) groups excluding carboxylic acids is 2. The van der Waals surface area contributed by atoms with Gasteiger partial charge in [0.2, 0.25) is 11.8 Å². The second-order valence-electron chi connectivity index (χ2n) is 8.38. The first-order valence-electron chi connectivity index (χ1n) is 11.8. The average Bonchev–Trinajstić information content (AvgIpc) is 2.88. The molecule has 2 aromatic carbocycles. The fourth-order valence-electron chi connectivity index (χ4n) is 3.94. The predicted octanol–water partition coefficient (Wildman–Crippen LogP) is 2.45. The first-order chi connectivity index (χ1) is 17.1. The van der Waals surface area contributed by atoms with Crippen LogP contribution in [0.15, 0.2) is 66.7 Å². The molecule has 0 spiro atoms. The summed E-state index contributed by atoms with van der Waals surface area (Å²) in [6.45, 7) is 6.15. The molecule has 1 aliphatic heterocycles. The molecule has 182 valence electrons. The highest BCUT2D eigenvalue weighted by atomic mass is 16.2. The van der Waals surface area contributed by atoms with Crippen molar-refractivity contribution in [2.45, 2.75) is 6.92 Å². The van der Waals surface area contributed by atoms with E-state index in [-0.39, 0.29) is 11.8 Å². The molecular weight excluding hydrogens is 442 g/mol. The van der Waals surface area contributed by atoms with Gasteiger partial charge in [-0.2, -0.15) is 0 Å². The van der Waals surface area contributed by atoms with Gasteiger partial charge < -0.3 is 20.9 Å². The molecule has 0 saturated carbocycles. The summed E-state index contributed by atoms with van der Waals surface area (Å²) < 4.78 is 0. The van der Waals surface area contributed by atoms with E-state index < -0.39 is 0 Å². The molecule has 3 aromatic rings. The summed E-state index contributed by atoms with van der Waals surface area (Å²) in [5.41, 5.74) is 2.06. The number of para-hydroxylation sites is 1. The van der Waals surface area contributed by atoms with Crippen molar-refractivity contribution in [3.05, 3.63) is 66.7 Å². The minimum atomic E-state index is -0.111. The van der Waals surface area contributed by atoms with Gasteiger partial charge in [-0.05, 0) is 12.1 Å². The van der Waals surface area contributed by atoms with E-state index in [4.69, 9.17) is 0 Å². The van der Waals surface area contributed by atoms with Crippen molar-refractivity contribution in [3.63, 3.8) is 0 Å². The van der Waals surface area contributed by atoms with Crippen molar-refractivity contribution >= 4 is 29.1 Å². The van der Waals surface area contributed by atoms with Gasteiger partial charge in [0, 0.05) is 63.5 Å². The Morgan fingerprint density at radius 2 is 1.51 bits per heavy atom. The predicted molar refractivity (Wildman–Crippen MR) is 138 cm³/mol. The Kier molecular flexibility index (Phi) is 8.24. The van der Waals surface area contributed by atoms with Crippen molar-refractivity contribution in [1.82, 2.24) is 20.2 Å². The Bertz CT molecular complexity index is 1120. The number of benzene rings is 2. The van der Waals surface area contributed by atoms with Crippen LogP contribution in [-0.2, 0) is 9.59 Å². The lowest BCUT2D eigenvalue weighted by Gasteiger charge is -2.35. The summed E-state index contributed by atoms with van der Waals surface area (Å²) in [5.74, 6) is 1.34. The quantitative estimate of drug-likeness (QED) is 0.410. The smallest absolute Gasteiger partial charge is 0.239 e. The number of hydrogen-bond donors (Lipinski definition) is 3. The van der Waals surface area contributed by atoms with E-state index in [2.05, 4.69) is 47.9 Å². The SMILES string of the molecule is CC(=O)NCCNc1cc(NC(=O)CN2CCN(c3ccccc3)CC2)nc(-c2ccccc2)n1. The molecule has 0 unspecified atom stereocenters. The van der Waals surface area contributed by atoms with Gasteiger partial charge in [-0.15, -0.1) is 0 Å². The molecule has 35 heavy (non-hydrogen) atoms. The summed E-state index contributed by atoms with van der Waals surface area (Å²) >= 11 is 0. The van der Waals surface area contributed by atoms with E-state index in [1.807, 2.05) is 48.5 Å². The van der Waals surface area contributed by atoms with E-state index in [1.54, 1.807) is 6.07 Å². The summed E-state index contributed by atoms with van der Waals surface area (Å²) in [6.07, 6.45) is 0. The molecule has 2 amide bonds. The zero-order valence-electron chi connectivity index (χ0n) is 19.9. The fourth-order valence-corrected chi connectivity index (χ4v) is 3.94. The molecule has 0 atom stereocenters. The molecule has 0 radical (unpaired) electrons. The lowest BCUT2D eigenvalue weighted by atomic mass is 10.2. The average molecular weight is 474 g/mol. The molecule has 9 nitrogen and oxygen atoms in total. The van der Waals surface area contributed by atoms with Gasteiger partial charge in [0.25, 0.3) is 0 Å². The lowest BCUT2D eigenvalue weighted by Crippen LogP contribution is -2.48. The van der Waals surface area contributed by atoms with Gasteiger partial charge in [0.05, 0.1) is 6.54 Å². The number of amides is 2. The van der Waals surface area contributed by atoms with Gasteiger partial charge in [0.15, 0.2) is 5.82 Å². The minimum Gasteiger partial charge on any atom is -0.369 e. The Labute approximate surface area is 205 Å². The maximum atomic E-state index is 12.8. The maximum Gasteiger partial charge on any atom is 0.239 e. The van der Waals surface area contributed by atoms with Gasteiger partial charge in [0.1, 0.15) is 11.6 Å². The summed E-state index contributed by atoms with van der Waals surface area (Å²) in [4.78, 5) is 37.6. The highest BCUT2D eigenvalue weighted by Crippen LogP contribution is 2.20. The topological polar surface area (TPSA) is 102 Å². The van der Waals surface area contributed by atoms with Gasteiger partial charge in [-0.25, -0.2) is 9.97 Å². The Balaban J connectivity index is 1.37. The molecule has 3 N–H and O–H groups in total. The Hall–Kier alpha value is -3.98. The number of hydrogen-bond acceptors (Lipinski definition) is 7. The number of anilines is 3. The molecule has 9 heteroatoms. The zero-order valence-corrected chi connectivity index (χ0v) is 19.9. The van der Waals surface area contributed by atoms with E-state index in [0.29, 0.717) is 37.1 Å². The molecule has 0 bridgehead atoms. The van der Waals surface area contributed by atoms with Crippen molar-refractivity contribution in [2.75, 3.05) is 61.3 Å². The normalized spacial score (nSPS) is 13.8. The van der Waals surface area contributed by atoms with E-state index in [1.165, 1.54) is 12.6 Å². The van der Waals surface area contributed by atoms with Crippen LogP contribution in [0.4, 0.5) is 17.3 Å². The third-order valence-corrected chi connectivity index (χ3v) is 5.69. The molecular formula is C26H31N7O2. The summed E-state index contributed by atoms with van der Waals surface area (Å²) in [6, 6.07) is 21.7. The highest BCUT2D eigenvalue weighted by Gasteiger charge is 2.19. The third kappa shape index (κ3) is 7.25.